The van der Waals surface area contributed by atoms with Crippen molar-refractivity contribution >= 4 is 28.9 Å². The smallest absolute Gasteiger partial charge is 0.348 e. The lowest BCUT2D eigenvalue weighted by Crippen LogP contribution is -2.46. The van der Waals surface area contributed by atoms with Crippen molar-refractivity contribution in [3.05, 3.63) is 56.3 Å². The molecule has 1 spiro atoms. The van der Waals surface area contributed by atoms with Gasteiger partial charge in [0, 0.05) is 18.5 Å². The van der Waals surface area contributed by atoms with Crippen molar-refractivity contribution in [1.82, 2.24) is 4.90 Å². The highest BCUT2D eigenvalue weighted by atomic mass is 35.5. The summed E-state index contributed by atoms with van der Waals surface area (Å²) in [7, 11) is 3.83. The van der Waals surface area contributed by atoms with Gasteiger partial charge >= 0.3 is 5.97 Å². The Labute approximate surface area is 185 Å². The molecule has 1 aromatic heterocycles. The summed E-state index contributed by atoms with van der Waals surface area (Å²) in [5.74, 6) is 1.27. The van der Waals surface area contributed by atoms with Crippen LogP contribution in [-0.4, -0.2) is 43.8 Å². The molecule has 5 nitrogen and oxygen atoms in total. The predicted molar refractivity (Wildman–Crippen MR) is 117 cm³/mol. The number of halogens is 1. The number of methoxy groups -OCH3 is 1. The molecule has 3 aliphatic rings. The molecule has 2 aromatic rings. The second kappa shape index (κ2) is 7.29. The molecule has 0 bridgehead atoms. The van der Waals surface area contributed by atoms with Crippen LogP contribution in [0.5, 0.6) is 11.5 Å². The lowest BCUT2D eigenvalue weighted by atomic mass is 9.64. The summed E-state index contributed by atoms with van der Waals surface area (Å²) < 4.78 is 18.6. The minimum absolute atomic E-state index is 0.0937. The van der Waals surface area contributed by atoms with Gasteiger partial charge in [0.05, 0.1) is 16.9 Å². The van der Waals surface area contributed by atoms with Crippen LogP contribution in [0.1, 0.15) is 40.6 Å². The Kier molecular flexibility index (Phi) is 4.84. The van der Waals surface area contributed by atoms with E-state index in [2.05, 4.69) is 31.0 Å². The lowest BCUT2D eigenvalue weighted by Gasteiger charge is -2.40. The highest BCUT2D eigenvalue weighted by Gasteiger charge is 2.55. The number of hydrogen-bond acceptors (Lipinski definition) is 6. The van der Waals surface area contributed by atoms with Crippen LogP contribution >= 0.6 is 22.9 Å². The Morgan fingerprint density at radius 1 is 1.33 bits per heavy atom. The zero-order chi connectivity index (χ0) is 21.0. The van der Waals surface area contributed by atoms with Gasteiger partial charge in [-0.1, -0.05) is 23.2 Å². The second-order valence-corrected chi connectivity index (χ2v) is 10.0. The van der Waals surface area contributed by atoms with Crippen molar-refractivity contribution in [2.24, 2.45) is 0 Å². The Morgan fingerprint density at radius 3 is 2.90 bits per heavy atom. The molecule has 3 atom stereocenters. The van der Waals surface area contributed by atoms with Crippen molar-refractivity contribution in [1.29, 1.82) is 0 Å². The van der Waals surface area contributed by atoms with E-state index < -0.39 is 0 Å². The van der Waals surface area contributed by atoms with Gasteiger partial charge in [0.1, 0.15) is 17.1 Å². The second-order valence-electron chi connectivity index (χ2n) is 8.33. The molecule has 1 aromatic carbocycles. The first-order valence-corrected chi connectivity index (χ1v) is 11.3. The number of rotatable bonds is 3. The first-order valence-electron chi connectivity index (χ1n) is 10.1. The highest BCUT2D eigenvalue weighted by molar-refractivity contribution is 7.17. The molecule has 7 heteroatoms. The molecule has 1 unspecified atom stereocenters. The summed E-state index contributed by atoms with van der Waals surface area (Å²) in [5, 5.41) is 0. The van der Waals surface area contributed by atoms with E-state index in [0.29, 0.717) is 15.6 Å². The predicted octanol–water partition coefficient (Wildman–Crippen LogP) is 4.82. The summed E-state index contributed by atoms with van der Waals surface area (Å²) in [4.78, 5) is 15.5. The van der Waals surface area contributed by atoms with E-state index in [9.17, 15) is 4.79 Å². The van der Waals surface area contributed by atoms with Crippen LogP contribution in [0.4, 0.5) is 0 Å². The van der Waals surface area contributed by atoms with Crippen LogP contribution < -0.4 is 9.47 Å². The minimum atomic E-state index is -0.341. The summed E-state index contributed by atoms with van der Waals surface area (Å²) in [6.45, 7) is 4.00. The molecule has 3 heterocycles. The van der Waals surface area contributed by atoms with E-state index in [-0.39, 0.29) is 23.6 Å². The van der Waals surface area contributed by atoms with Crippen molar-refractivity contribution in [2.75, 3.05) is 20.7 Å². The highest BCUT2D eigenvalue weighted by Crippen LogP contribution is 2.58. The van der Waals surface area contributed by atoms with Crippen LogP contribution in [0.2, 0.25) is 4.34 Å². The number of hydrogen-bond donors (Lipinski definition) is 0. The van der Waals surface area contributed by atoms with Crippen LogP contribution in [0.15, 0.2) is 35.9 Å². The molecule has 0 radical (unpaired) electrons. The molecule has 0 amide bonds. The summed E-state index contributed by atoms with van der Waals surface area (Å²) in [5.41, 5.74) is 3.52. The Bertz CT molecular complexity index is 1050. The summed E-state index contributed by atoms with van der Waals surface area (Å²) in [6, 6.07) is 7.57. The monoisotopic (exact) mass is 445 g/mol. The number of nitrogens with zero attached hydrogens (tertiary/aromatic N) is 1. The molecular weight excluding hydrogens is 422 g/mol. The Hall–Kier alpha value is -2.02. The van der Waals surface area contributed by atoms with Gasteiger partial charge in [-0.25, -0.2) is 4.79 Å². The molecule has 0 saturated heterocycles. The zero-order valence-corrected chi connectivity index (χ0v) is 18.8. The maximum Gasteiger partial charge on any atom is 0.348 e. The Balaban J connectivity index is 1.52. The fourth-order valence-corrected chi connectivity index (χ4v) is 6.16. The van der Waals surface area contributed by atoms with E-state index in [0.717, 1.165) is 31.0 Å². The number of ether oxygens (including phenoxy) is 3. The maximum atomic E-state index is 12.6. The average molecular weight is 446 g/mol. The Morgan fingerprint density at radius 2 is 2.17 bits per heavy atom. The zero-order valence-electron chi connectivity index (χ0n) is 17.2. The number of benzene rings is 1. The number of thiophene rings is 1. The fourth-order valence-electron chi connectivity index (χ4n) is 5.24. The molecule has 0 N–H and O–H groups in total. The van der Waals surface area contributed by atoms with Gasteiger partial charge in [0.25, 0.3) is 0 Å². The molecule has 1 aliphatic carbocycles. The molecule has 158 valence electrons. The molecule has 5 rings (SSSR count). The third-order valence-electron chi connectivity index (χ3n) is 6.63. The van der Waals surface area contributed by atoms with Crippen LogP contribution in [0, 0.1) is 0 Å². The number of esters is 1. The first kappa shape index (κ1) is 19.9. The van der Waals surface area contributed by atoms with Crippen LogP contribution in [0.3, 0.4) is 0 Å². The van der Waals surface area contributed by atoms with Gasteiger partial charge in [-0.15, -0.1) is 11.3 Å². The van der Waals surface area contributed by atoms with E-state index in [1.54, 1.807) is 19.2 Å². The van der Waals surface area contributed by atoms with Gasteiger partial charge in [-0.3, -0.25) is 0 Å². The first-order chi connectivity index (χ1) is 14.4. The molecular formula is C23H24ClNO4S. The van der Waals surface area contributed by atoms with E-state index in [1.807, 2.05) is 6.07 Å². The van der Waals surface area contributed by atoms with Gasteiger partial charge in [0.15, 0.2) is 11.5 Å². The van der Waals surface area contributed by atoms with Gasteiger partial charge < -0.3 is 19.1 Å². The van der Waals surface area contributed by atoms with E-state index in [4.69, 9.17) is 25.8 Å². The number of carbonyl (C=O) groups excluding carboxylic acids is 1. The van der Waals surface area contributed by atoms with Gasteiger partial charge in [0.2, 0.25) is 0 Å². The van der Waals surface area contributed by atoms with Crippen molar-refractivity contribution in [3.8, 4) is 11.5 Å². The molecule has 2 aliphatic heterocycles. The van der Waals surface area contributed by atoms with Gasteiger partial charge in [-0.2, -0.15) is 0 Å². The van der Waals surface area contributed by atoms with Crippen LogP contribution in [0.25, 0.3) is 0 Å². The largest absolute Gasteiger partial charge is 0.493 e. The average Bonchev–Trinajstić information content (AvgIpc) is 3.25. The minimum Gasteiger partial charge on any atom is -0.493 e. The van der Waals surface area contributed by atoms with E-state index >= 15 is 0 Å². The summed E-state index contributed by atoms with van der Waals surface area (Å²) in [6.07, 6.45) is 3.26. The van der Waals surface area contributed by atoms with Crippen molar-refractivity contribution < 1.29 is 19.0 Å². The normalized spacial score (nSPS) is 27.4. The van der Waals surface area contributed by atoms with Gasteiger partial charge in [-0.05, 0) is 56.8 Å². The quantitative estimate of drug-likeness (QED) is 0.500. The third kappa shape index (κ3) is 2.96. The molecule has 30 heavy (non-hydrogen) atoms. The third-order valence-corrected chi connectivity index (χ3v) is 7.84. The SMILES string of the molecule is COc1ccc2c3c1OC1C[C@@H](OC(=O)c4ccc(Cl)s4)C=C(C)[C@@]31CCN(C)C2. The summed E-state index contributed by atoms with van der Waals surface area (Å²) >= 11 is 7.21. The molecule has 0 fully saturated rings. The molecule has 0 saturated carbocycles. The van der Waals surface area contributed by atoms with Crippen molar-refractivity contribution in [2.45, 2.75) is 43.9 Å². The number of carbonyl (C=O) groups is 1. The van der Waals surface area contributed by atoms with Crippen LogP contribution in [-0.2, 0) is 16.7 Å². The fraction of sp³-hybridized carbons (Fsp3) is 0.435. The van der Waals surface area contributed by atoms with Crippen molar-refractivity contribution in [3.63, 3.8) is 0 Å². The standard InChI is InChI=1S/C23H24ClNO4S/c1-13-10-15(28-22(26)17-6-7-19(24)30-17)11-18-23(13)8-9-25(2)12-14-4-5-16(27-3)21(29-18)20(14)23/h4-7,10,15,18H,8-9,11-12H2,1-3H3/t15-,18?,23+/m0/s1. The topological polar surface area (TPSA) is 48.0 Å². The lowest BCUT2D eigenvalue weighted by molar-refractivity contribution is 0.0206. The van der Waals surface area contributed by atoms with E-state index in [1.165, 1.54) is 28.0 Å². The maximum absolute atomic E-state index is 12.6.